The first-order valence-electron chi connectivity index (χ1n) is 6.25. The molecule has 5 nitrogen and oxygen atoms in total. The van der Waals surface area contributed by atoms with Gasteiger partial charge in [-0.05, 0) is 26.3 Å². The average molecular weight is 234 g/mol. The number of hydrogen-bond donors (Lipinski definition) is 1. The van der Waals surface area contributed by atoms with Crippen molar-refractivity contribution in [3.8, 4) is 0 Å². The molecule has 2 unspecified atom stereocenters. The van der Waals surface area contributed by atoms with E-state index in [2.05, 4.69) is 27.0 Å². The van der Waals surface area contributed by atoms with E-state index in [1.807, 2.05) is 0 Å². The number of rotatable bonds is 1. The van der Waals surface area contributed by atoms with Crippen molar-refractivity contribution in [3.05, 3.63) is 22.6 Å². The van der Waals surface area contributed by atoms with Crippen LogP contribution >= 0.6 is 0 Å². The molecule has 5 heteroatoms. The number of aromatic amines is 1. The van der Waals surface area contributed by atoms with Crippen LogP contribution in [0.25, 0.3) is 0 Å². The highest BCUT2D eigenvalue weighted by Crippen LogP contribution is 2.29. The van der Waals surface area contributed by atoms with Crippen LogP contribution in [0.15, 0.2) is 17.1 Å². The fraction of sp³-hybridized carbons (Fsp3) is 0.667. The van der Waals surface area contributed by atoms with E-state index in [-0.39, 0.29) is 5.56 Å². The third-order valence-electron chi connectivity index (χ3n) is 4.16. The number of fused-ring (bicyclic) bond motifs is 2. The minimum atomic E-state index is -0.120. The van der Waals surface area contributed by atoms with Gasteiger partial charge in [-0.15, -0.1) is 0 Å². The zero-order valence-electron chi connectivity index (χ0n) is 10.1. The van der Waals surface area contributed by atoms with Gasteiger partial charge < -0.3 is 4.90 Å². The number of anilines is 1. The highest BCUT2D eigenvalue weighted by Gasteiger charge is 2.34. The van der Waals surface area contributed by atoms with E-state index in [0.717, 1.165) is 24.8 Å². The molecule has 1 aromatic heterocycles. The molecule has 2 fully saturated rings. The predicted octanol–water partition coefficient (Wildman–Crippen LogP) is 0.443. The molecule has 2 aliphatic heterocycles. The van der Waals surface area contributed by atoms with Crippen molar-refractivity contribution in [3.63, 3.8) is 0 Å². The third kappa shape index (κ3) is 1.95. The van der Waals surface area contributed by atoms with E-state index < -0.39 is 0 Å². The summed E-state index contributed by atoms with van der Waals surface area (Å²) in [5.74, 6) is 0. The zero-order chi connectivity index (χ0) is 11.8. The first-order chi connectivity index (χ1) is 8.24. The molecule has 2 atom stereocenters. The van der Waals surface area contributed by atoms with Crippen LogP contribution < -0.4 is 10.5 Å². The van der Waals surface area contributed by atoms with E-state index in [1.54, 1.807) is 12.3 Å². The Bertz CT molecular complexity index is 458. The van der Waals surface area contributed by atoms with Crippen LogP contribution in [0.5, 0.6) is 0 Å². The second-order valence-electron chi connectivity index (χ2n) is 5.09. The highest BCUT2D eigenvalue weighted by molar-refractivity contribution is 5.43. The van der Waals surface area contributed by atoms with E-state index >= 15 is 0 Å². The van der Waals surface area contributed by atoms with Gasteiger partial charge in [-0.3, -0.25) is 9.69 Å². The molecular weight excluding hydrogens is 216 g/mol. The Balaban J connectivity index is 1.83. The van der Waals surface area contributed by atoms with Crippen molar-refractivity contribution in [2.75, 3.05) is 25.0 Å². The number of aromatic nitrogens is 2. The molecule has 1 aromatic rings. The molecule has 0 aliphatic carbocycles. The van der Waals surface area contributed by atoms with Gasteiger partial charge in [0.1, 0.15) is 0 Å². The fourth-order valence-electron chi connectivity index (χ4n) is 3.08. The van der Waals surface area contributed by atoms with E-state index in [9.17, 15) is 4.79 Å². The standard InChI is InChI=1S/C12H18N4O/c1-15-9-2-3-10(15)8-16(5-4-9)11-6-12(17)14-13-7-11/h6-7,9-10H,2-5,8H2,1H3,(H,14,17). The van der Waals surface area contributed by atoms with Crippen molar-refractivity contribution in [2.24, 2.45) is 0 Å². The minimum absolute atomic E-state index is 0.120. The summed E-state index contributed by atoms with van der Waals surface area (Å²) in [6.45, 7) is 2.04. The van der Waals surface area contributed by atoms with Gasteiger partial charge >= 0.3 is 0 Å². The highest BCUT2D eigenvalue weighted by atomic mass is 16.1. The smallest absolute Gasteiger partial charge is 0.266 e. The summed E-state index contributed by atoms with van der Waals surface area (Å²) in [7, 11) is 2.22. The maximum Gasteiger partial charge on any atom is 0.266 e. The van der Waals surface area contributed by atoms with Crippen molar-refractivity contribution in [1.29, 1.82) is 0 Å². The first-order valence-corrected chi connectivity index (χ1v) is 6.25. The second-order valence-corrected chi connectivity index (χ2v) is 5.09. The van der Waals surface area contributed by atoms with E-state index in [0.29, 0.717) is 6.04 Å². The third-order valence-corrected chi connectivity index (χ3v) is 4.16. The minimum Gasteiger partial charge on any atom is -0.368 e. The molecule has 3 heterocycles. The summed E-state index contributed by atoms with van der Waals surface area (Å²) in [4.78, 5) is 16.1. The van der Waals surface area contributed by atoms with Crippen LogP contribution in [0.4, 0.5) is 5.69 Å². The molecule has 0 spiro atoms. The topological polar surface area (TPSA) is 52.2 Å². The number of likely N-dealkylation sites (N-methyl/N-ethyl adjacent to an activating group) is 1. The summed E-state index contributed by atoms with van der Waals surface area (Å²) in [6, 6.07) is 2.99. The number of hydrogen-bond acceptors (Lipinski definition) is 4. The molecular formula is C12H18N4O. The van der Waals surface area contributed by atoms with Gasteiger partial charge in [0.25, 0.3) is 5.56 Å². The fourth-order valence-corrected chi connectivity index (χ4v) is 3.08. The molecule has 0 radical (unpaired) electrons. The van der Waals surface area contributed by atoms with Gasteiger partial charge in [0.15, 0.2) is 0 Å². The Kier molecular flexibility index (Phi) is 2.63. The van der Waals surface area contributed by atoms with Crippen LogP contribution in [-0.4, -0.2) is 47.3 Å². The molecule has 17 heavy (non-hydrogen) atoms. The molecule has 0 saturated carbocycles. The Morgan fingerprint density at radius 2 is 2.18 bits per heavy atom. The monoisotopic (exact) mass is 234 g/mol. The summed E-state index contributed by atoms with van der Waals surface area (Å²) >= 11 is 0. The summed E-state index contributed by atoms with van der Waals surface area (Å²) in [5, 5.41) is 6.30. The number of nitrogens with zero attached hydrogens (tertiary/aromatic N) is 3. The lowest BCUT2D eigenvalue weighted by Crippen LogP contribution is -2.37. The van der Waals surface area contributed by atoms with Gasteiger partial charge in [0, 0.05) is 31.2 Å². The van der Waals surface area contributed by atoms with Crippen LogP contribution in [-0.2, 0) is 0 Å². The largest absolute Gasteiger partial charge is 0.368 e. The Morgan fingerprint density at radius 3 is 3.00 bits per heavy atom. The number of H-pyrrole nitrogens is 1. The lowest BCUT2D eigenvalue weighted by Gasteiger charge is -2.26. The van der Waals surface area contributed by atoms with E-state index in [1.165, 1.54) is 19.3 Å². The van der Waals surface area contributed by atoms with Crippen LogP contribution in [0.2, 0.25) is 0 Å². The van der Waals surface area contributed by atoms with Gasteiger partial charge in [-0.25, -0.2) is 5.10 Å². The SMILES string of the molecule is CN1C2CCC1CN(c1cn[nH]c(=O)c1)CC2. The van der Waals surface area contributed by atoms with Crippen LogP contribution in [0.3, 0.4) is 0 Å². The van der Waals surface area contributed by atoms with Gasteiger partial charge in [0.2, 0.25) is 0 Å². The van der Waals surface area contributed by atoms with Crippen LogP contribution in [0.1, 0.15) is 19.3 Å². The molecule has 0 amide bonds. The van der Waals surface area contributed by atoms with Gasteiger partial charge in [-0.1, -0.05) is 0 Å². The molecule has 2 saturated heterocycles. The summed E-state index contributed by atoms with van der Waals surface area (Å²) < 4.78 is 0. The average Bonchev–Trinajstić information content (AvgIpc) is 2.53. The predicted molar refractivity (Wildman–Crippen MR) is 66.3 cm³/mol. The van der Waals surface area contributed by atoms with Crippen molar-refractivity contribution < 1.29 is 0 Å². The Labute approximate surface area is 100 Å². The summed E-state index contributed by atoms with van der Waals surface area (Å²) in [5.41, 5.74) is 0.833. The number of nitrogens with one attached hydrogen (secondary N) is 1. The normalized spacial score (nSPS) is 29.4. The Hall–Kier alpha value is -1.36. The molecule has 1 N–H and O–H groups in total. The molecule has 92 valence electrons. The molecule has 0 aromatic carbocycles. The summed E-state index contributed by atoms with van der Waals surface area (Å²) in [6.07, 6.45) is 5.52. The van der Waals surface area contributed by atoms with Crippen molar-refractivity contribution in [1.82, 2.24) is 15.1 Å². The van der Waals surface area contributed by atoms with E-state index in [4.69, 9.17) is 0 Å². The molecule has 3 rings (SSSR count). The Morgan fingerprint density at radius 1 is 1.35 bits per heavy atom. The molecule has 2 bridgehead atoms. The van der Waals surface area contributed by atoms with Crippen LogP contribution in [0, 0.1) is 0 Å². The maximum atomic E-state index is 11.3. The zero-order valence-corrected chi connectivity index (χ0v) is 10.1. The van der Waals surface area contributed by atoms with Gasteiger partial charge in [0.05, 0.1) is 11.9 Å². The van der Waals surface area contributed by atoms with Crippen molar-refractivity contribution in [2.45, 2.75) is 31.3 Å². The second kappa shape index (κ2) is 4.14. The van der Waals surface area contributed by atoms with Gasteiger partial charge in [-0.2, -0.15) is 5.10 Å². The lowest BCUT2D eigenvalue weighted by molar-refractivity contribution is 0.254. The lowest BCUT2D eigenvalue weighted by atomic mass is 10.1. The maximum absolute atomic E-state index is 11.3. The quantitative estimate of drug-likeness (QED) is 0.766. The van der Waals surface area contributed by atoms with Crippen molar-refractivity contribution >= 4 is 5.69 Å². The molecule has 2 aliphatic rings. The first kappa shape index (κ1) is 10.8.